The number of hydrogen-bond acceptors (Lipinski definition) is 4. The van der Waals surface area contributed by atoms with Gasteiger partial charge in [-0.3, -0.25) is 14.5 Å². The summed E-state index contributed by atoms with van der Waals surface area (Å²) in [4.78, 5) is 23.1. The summed E-state index contributed by atoms with van der Waals surface area (Å²) in [7, 11) is 4.11. The minimum absolute atomic E-state index is 0.130. The van der Waals surface area contributed by atoms with Gasteiger partial charge in [0, 0.05) is 45.8 Å². The van der Waals surface area contributed by atoms with E-state index in [0.29, 0.717) is 13.0 Å². The molecule has 0 aromatic heterocycles. The van der Waals surface area contributed by atoms with Crippen LogP contribution < -0.4 is 4.90 Å². The van der Waals surface area contributed by atoms with Crippen molar-refractivity contribution >= 4 is 17.7 Å². The molecule has 0 unspecified atom stereocenters. The number of amides is 1. The number of piperidine rings is 1. The number of benzene rings is 2. The van der Waals surface area contributed by atoms with Crippen molar-refractivity contribution in [3.63, 3.8) is 0 Å². The first-order chi connectivity index (χ1) is 15.1. The Morgan fingerprint density at radius 2 is 1.71 bits per heavy atom. The van der Waals surface area contributed by atoms with E-state index < -0.39 is 0 Å². The molecule has 2 saturated heterocycles. The van der Waals surface area contributed by atoms with Crippen LogP contribution in [0.4, 0.5) is 5.69 Å². The zero-order chi connectivity index (χ0) is 21.7. The first kappa shape index (κ1) is 21.6. The second kappa shape index (κ2) is 9.67. The largest absolute Gasteiger partial charge is 0.378 e. The van der Waals surface area contributed by atoms with Gasteiger partial charge in [0.15, 0.2) is 0 Å². The molecular formula is C26H33N3O2. The number of rotatable bonds is 7. The summed E-state index contributed by atoms with van der Waals surface area (Å²) in [6.07, 6.45) is 7.88. The van der Waals surface area contributed by atoms with Gasteiger partial charge in [-0.15, -0.1) is 0 Å². The molecule has 0 N–H and O–H groups in total. The molecule has 0 atom stereocenters. The van der Waals surface area contributed by atoms with E-state index in [-0.39, 0.29) is 11.4 Å². The Morgan fingerprint density at radius 3 is 2.39 bits per heavy atom. The highest BCUT2D eigenvalue weighted by Gasteiger charge is 2.48. The minimum Gasteiger partial charge on any atom is -0.378 e. The standard InChI is InChI=1S/C26H33N3O2/c1-27(2)24-12-10-22(11-13-24)9-6-18-28-19-16-26(17-20-28)15-14-25(30)29(26)31-21-23-7-4-3-5-8-23/h3-13H,14-21H2,1-2H3/b9-6+. The number of nitrogens with zero attached hydrogens (tertiary/aromatic N) is 3. The molecule has 0 saturated carbocycles. The lowest BCUT2D eigenvalue weighted by molar-refractivity contribution is -0.222. The fourth-order valence-corrected chi connectivity index (χ4v) is 4.56. The number of hydrogen-bond donors (Lipinski definition) is 0. The third-order valence-electron chi connectivity index (χ3n) is 6.53. The lowest BCUT2D eigenvalue weighted by Gasteiger charge is -2.43. The summed E-state index contributed by atoms with van der Waals surface area (Å²) in [5, 5.41) is 1.72. The van der Waals surface area contributed by atoms with Crippen LogP contribution in [-0.4, -0.2) is 55.1 Å². The summed E-state index contributed by atoms with van der Waals surface area (Å²) < 4.78 is 0. The van der Waals surface area contributed by atoms with Gasteiger partial charge in [-0.25, -0.2) is 5.06 Å². The third-order valence-corrected chi connectivity index (χ3v) is 6.53. The van der Waals surface area contributed by atoms with E-state index >= 15 is 0 Å². The molecule has 2 aliphatic heterocycles. The smallest absolute Gasteiger partial charge is 0.246 e. The molecule has 2 aliphatic rings. The number of carbonyl (C=O) groups excluding carboxylic acids is 1. The van der Waals surface area contributed by atoms with E-state index in [1.165, 1.54) is 11.3 Å². The van der Waals surface area contributed by atoms with E-state index in [0.717, 1.165) is 44.5 Å². The zero-order valence-electron chi connectivity index (χ0n) is 18.7. The maximum Gasteiger partial charge on any atom is 0.246 e. The molecular weight excluding hydrogens is 386 g/mol. The van der Waals surface area contributed by atoms with Crippen molar-refractivity contribution in [3.05, 3.63) is 71.8 Å². The molecule has 5 nitrogen and oxygen atoms in total. The zero-order valence-corrected chi connectivity index (χ0v) is 18.7. The summed E-state index contributed by atoms with van der Waals surface area (Å²) in [5.41, 5.74) is 3.40. The Hall–Kier alpha value is -2.63. The van der Waals surface area contributed by atoms with Crippen molar-refractivity contribution in [1.29, 1.82) is 0 Å². The molecule has 2 heterocycles. The topological polar surface area (TPSA) is 36.0 Å². The van der Waals surface area contributed by atoms with E-state index in [2.05, 4.69) is 60.3 Å². The van der Waals surface area contributed by atoms with Crippen LogP contribution in [0.25, 0.3) is 6.08 Å². The Kier molecular flexibility index (Phi) is 6.73. The summed E-state index contributed by atoms with van der Waals surface area (Å²) >= 11 is 0. The van der Waals surface area contributed by atoms with E-state index in [4.69, 9.17) is 4.84 Å². The first-order valence-electron chi connectivity index (χ1n) is 11.2. The highest BCUT2D eigenvalue weighted by Crippen LogP contribution is 2.39. The quantitative estimate of drug-likeness (QED) is 0.668. The number of carbonyl (C=O) groups is 1. The Labute approximate surface area is 185 Å². The van der Waals surface area contributed by atoms with Crippen molar-refractivity contribution in [3.8, 4) is 0 Å². The van der Waals surface area contributed by atoms with Crippen molar-refractivity contribution in [2.75, 3.05) is 38.6 Å². The fraction of sp³-hybridized carbons (Fsp3) is 0.423. The molecule has 2 aromatic rings. The molecule has 0 radical (unpaired) electrons. The van der Waals surface area contributed by atoms with Crippen LogP contribution in [0.15, 0.2) is 60.7 Å². The molecule has 31 heavy (non-hydrogen) atoms. The maximum absolute atomic E-state index is 12.5. The Balaban J connectivity index is 1.29. The van der Waals surface area contributed by atoms with Crippen LogP contribution in [0.3, 0.4) is 0 Å². The molecule has 4 rings (SSSR count). The molecule has 1 spiro atoms. The van der Waals surface area contributed by atoms with Crippen LogP contribution in [0.2, 0.25) is 0 Å². The Bertz CT molecular complexity index is 885. The predicted molar refractivity (Wildman–Crippen MR) is 126 cm³/mol. The van der Waals surface area contributed by atoms with Gasteiger partial charge in [0.2, 0.25) is 5.91 Å². The summed E-state index contributed by atoms with van der Waals surface area (Å²) in [6.45, 7) is 3.36. The fourth-order valence-electron chi connectivity index (χ4n) is 4.56. The van der Waals surface area contributed by atoms with Crippen LogP contribution in [0.5, 0.6) is 0 Å². The predicted octanol–water partition coefficient (Wildman–Crippen LogP) is 4.35. The molecule has 164 valence electrons. The second-order valence-corrected chi connectivity index (χ2v) is 8.86. The lowest BCUT2D eigenvalue weighted by Crippen LogP contribution is -2.52. The van der Waals surface area contributed by atoms with Crippen LogP contribution in [0, 0.1) is 0 Å². The normalized spacial score (nSPS) is 18.9. The summed E-state index contributed by atoms with van der Waals surface area (Å²) in [5.74, 6) is 0.130. The second-order valence-electron chi connectivity index (χ2n) is 8.86. The Morgan fingerprint density at radius 1 is 1.00 bits per heavy atom. The average molecular weight is 420 g/mol. The van der Waals surface area contributed by atoms with Gasteiger partial charge >= 0.3 is 0 Å². The number of hydroxylamine groups is 2. The third kappa shape index (κ3) is 5.17. The van der Waals surface area contributed by atoms with E-state index in [9.17, 15) is 4.79 Å². The highest BCUT2D eigenvalue weighted by atomic mass is 16.7. The highest BCUT2D eigenvalue weighted by molar-refractivity contribution is 5.78. The van der Waals surface area contributed by atoms with Gasteiger partial charge in [0.1, 0.15) is 6.61 Å². The van der Waals surface area contributed by atoms with Crippen molar-refractivity contribution in [1.82, 2.24) is 9.96 Å². The van der Waals surface area contributed by atoms with E-state index in [1.807, 2.05) is 30.3 Å². The van der Waals surface area contributed by atoms with Gasteiger partial charge in [-0.2, -0.15) is 0 Å². The molecule has 1 amide bonds. The van der Waals surface area contributed by atoms with Crippen molar-refractivity contribution < 1.29 is 9.63 Å². The molecule has 2 aromatic carbocycles. The summed E-state index contributed by atoms with van der Waals surface area (Å²) in [6, 6.07) is 18.7. The molecule has 5 heteroatoms. The van der Waals surface area contributed by atoms with Gasteiger partial charge in [0.25, 0.3) is 0 Å². The van der Waals surface area contributed by atoms with Crippen molar-refractivity contribution in [2.45, 2.75) is 37.8 Å². The van der Waals surface area contributed by atoms with Crippen LogP contribution in [0.1, 0.15) is 36.8 Å². The first-order valence-corrected chi connectivity index (χ1v) is 11.2. The van der Waals surface area contributed by atoms with Crippen LogP contribution in [-0.2, 0) is 16.2 Å². The van der Waals surface area contributed by atoms with Crippen molar-refractivity contribution in [2.24, 2.45) is 0 Å². The van der Waals surface area contributed by atoms with Gasteiger partial charge in [-0.1, -0.05) is 54.6 Å². The SMILES string of the molecule is CN(C)c1ccc(/C=C/CN2CCC3(CCC(=O)N3OCc3ccccc3)CC2)cc1. The molecule has 0 aliphatic carbocycles. The van der Waals surface area contributed by atoms with Gasteiger partial charge in [0.05, 0.1) is 5.54 Å². The van der Waals surface area contributed by atoms with E-state index in [1.54, 1.807) is 5.06 Å². The minimum atomic E-state index is -0.131. The molecule has 0 bridgehead atoms. The maximum atomic E-state index is 12.5. The molecule has 2 fully saturated rings. The van der Waals surface area contributed by atoms with Gasteiger partial charge in [-0.05, 0) is 42.5 Å². The lowest BCUT2D eigenvalue weighted by atomic mass is 9.86. The van der Waals surface area contributed by atoms with Gasteiger partial charge < -0.3 is 4.90 Å². The number of likely N-dealkylation sites (tertiary alicyclic amines) is 1. The monoisotopic (exact) mass is 419 g/mol. The average Bonchev–Trinajstić information content (AvgIpc) is 3.09. The van der Waals surface area contributed by atoms with Crippen LogP contribution >= 0.6 is 0 Å². The number of anilines is 1.